The SMILES string of the molecule is CCO[SiH2]C(N)(N)CC. The van der Waals surface area contributed by atoms with Gasteiger partial charge in [-0.05, 0) is 13.3 Å². The highest BCUT2D eigenvalue weighted by Crippen LogP contribution is 1.93. The summed E-state index contributed by atoms with van der Waals surface area (Å²) in [5, 5.41) is -0.490. The fourth-order valence-electron chi connectivity index (χ4n) is 0.394. The van der Waals surface area contributed by atoms with Crippen molar-refractivity contribution in [2.75, 3.05) is 6.61 Å². The molecule has 0 saturated carbocycles. The van der Waals surface area contributed by atoms with Gasteiger partial charge in [-0.1, -0.05) is 6.92 Å². The molecule has 0 heterocycles. The third-order valence-corrected chi connectivity index (χ3v) is 2.88. The first-order valence-electron chi connectivity index (χ1n) is 3.28. The highest BCUT2D eigenvalue weighted by Gasteiger charge is 2.16. The van der Waals surface area contributed by atoms with Gasteiger partial charge in [0.25, 0.3) is 0 Å². The Kier molecular flexibility index (Phi) is 4.04. The number of hydrogen-bond donors (Lipinski definition) is 2. The van der Waals surface area contributed by atoms with Gasteiger partial charge in [0.05, 0.1) is 5.29 Å². The maximum Gasteiger partial charge on any atom is 0.196 e. The van der Waals surface area contributed by atoms with Crippen LogP contribution in [0.1, 0.15) is 20.3 Å². The lowest BCUT2D eigenvalue weighted by Crippen LogP contribution is -2.55. The van der Waals surface area contributed by atoms with Crippen LogP contribution in [0.2, 0.25) is 0 Å². The second-order valence-corrected chi connectivity index (χ2v) is 4.24. The zero-order valence-electron chi connectivity index (χ0n) is 6.18. The molecule has 0 aromatic heterocycles. The van der Waals surface area contributed by atoms with Crippen molar-refractivity contribution in [3.05, 3.63) is 0 Å². The van der Waals surface area contributed by atoms with Gasteiger partial charge in [0.2, 0.25) is 0 Å². The van der Waals surface area contributed by atoms with Crippen LogP contribution in [-0.2, 0) is 4.43 Å². The average Bonchev–Trinajstić information content (AvgIpc) is 1.84. The first-order valence-corrected chi connectivity index (χ1v) is 4.56. The lowest BCUT2D eigenvalue weighted by Gasteiger charge is -2.20. The van der Waals surface area contributed by atoms with Crippen molar-refractivity contribution in [2.24, 2.45) is 11.5 Å². The van der Waals surface area contributed by atoms with E-state index >= 15 is 0 Å². The van der Waals surface area contributed by atoms with Crippen molar-refractivity contribution in [1.29, 1.82) is 0 Å². The summed E-state index contributed by atoms with van der Waals surface area (Å²) < 4.78 is 5.18. The molecule has 0 aliphatic carbocycles. The fraction of sp³-hybridized carbons (Fsp3) is 1.00. The lowest BCUT2D eigenvalue weighted by molar-refractivity contribution is 0.333. The van der Waals surface area contributed by atoms with Crippen LogP contribution >= 0.6 is 0 Å². The maximum absolute atomic E-state index is 5.62. The van der Waals surface area contributed by atoms with Gasteiger partial charge in [0, 0.05) is 6.61 Å². The molecule has 0 rings (SSSR count). The Morgan fingerprint density at radius 2 is 2.00 bits per heavy atom. The summed E-state index contributed by atoms with van der Waals surface area (Å²) in [7, 11) is -0.705. The van der Waals surface area contributed by atoms with E-state index in [1.54, 1.807) is 0 Å². The third kappa shape index (κ3) is 4.59. The summed E-state index contributed by atoms with van der Waals surface area (Å²) >= 11 is 0. The first kappa shape index (κ1) is 9.10. The summed E-state index contributed by atoms with van der Waals surface area (Å²) in [4.78, 5) is 0. The summed E-state index contributed by atoms with van der Waals surface area (Å²) in [5.41, 5.74) is 11.2. The van der Waals surface area contributed by atoms with Crippen molar-refractivity contribution >= 4 is 9.76 Å². The van der Waals surface area contributed by atoms with E-state index in [0.717, 1.165) is 13.0 Å². The van der Waals surface area contributed by atoms with Gasteiger partial charge in [-0.15, -0.1) is 0 Å². The highest BCUT2D eigenvalue weighted by molar-refractivity contribution is 6.31. The normalized spacial score (nSPS) is 13.3. The summed E-state index contributed by atoms with van der Waals surface area (Å²) in [6.07, 6.45) is 0.805. The second kappa shape index (κ2) is 4.00. The van der Waals surface area contributed by atoms with Crippen LogP contribution < -0.4 is 11.5 Å². The van der Waals surface area contributed by atoms with Gasteiger partial charge < -0.3 is 15.9 Å². The molecule has 0 aliphatic heterocycles. The first-order chi connectivity index (χ1) is 4.12. The minimum Gasteiger partial charge on any atom is -0.421 e. The predicted octanol–water partition coefficient (Wildman–Crippen LogP) is -0.912. The largest absolute Gasteiger partial charge is 0.421 e. The quantitative estimate of drug-likeness (QED) is 0.401. The van der Waals surface area contributed by atoms with E-state index in [2.05, 4.69) is 0 Å². The smallest absolute Gasteiger partial charge is 0.196 e. The van der Waals surface area contributed by atoms with Gasteiger partial charge in [0.1, 0.15) is 0 Å². The standard InChI is InChI=1S/C5H16N2OSi/c1-3-5(6,7)9-8-4-2/h3-4,6-7,9H2,1-2H3. The molecule has 0 aliphatic rings. The van der Waals surface area contributed by atoms with Crippen LogP contribution in [-0.4, -0.2) is 21.7 Å². The highest BCUT2D eigenvalue weighted by atomic mass is 28.2. The van der Waals surface area contributed by atoms with Crippen LogP contribution in [0.5, 0.6) is 0 Å². The second-order valence-electron chi connectivity index (χ2n) is 2.22. The van der Waals surface area contributed by atoms with Crippen LogP contribution in [0.4, 0.5) is 0 Å². The molecular weight excluding hydrogens is 132 g/mol. The maximum atomic E-state index is 5.62. The number of hydrogen-bond acceptors (Lipinski definition) is 3. The van der Waals surface area contributed by atoms with Crippen LogP contribution in [0.3, 0.4) is 0 Å². The van der Waals surface area contributed by atoms with E-state index in [1.165, 1.54) is 0 Å². The zero-order chi connectivity index (χ0) is 7.33. The van der Waals surface area contributed by atoms with Crippen molar-refractivity contribution in [1.82, 2.24) is 0 Å². The number of nitrogens with two attached hydrogens (primary N) is 2. The summed E-state index contributed by atoms with van der Waals surface area (Å²) in [6.45, 7) is 4.67. The van der Waals surface area contributed by atoms with Crippen molar-refractivity contribution in [2.45, 2.75) is 25.6 Å². The Hall–Kier alpha value is 0.0969. The van der Waals surface area contributed by atoms with Crippen LogP contribution in [0.25, 0.3) is 0 Å². The van der Waals surface area contributed by atoms with Crippen molar-refractivity contribution < 1.29 is 4.43 Å². The Balaban J connectivity index is 3.33. The minimum atomic E-state index is -0.705. The molecule has 0 atom stereocenters. The molecule has 0 bridgehead atoms. The van der Waals surface area contributed by atoms with Gasteiger partial charge in [-0.2, -0.15) is 0 Å². The molecule has 4 heteroatoms. The van der Waals surface area contributed by atoms with E-state index in [-0.39, 0.29) is 0 Å². The zero-order valence-corrected chi connectivity index (χ0v) is 7.60. The Bertz CT molecular complexity index is 77.4. The van der Waals surface area contributed by atoms with E-state index in [9.17, 15) is 0 Å². The Morgan fingerprint density at radius 3 is 2.33 bits per heavy atom. The van der Waals surface area contributed by atoms with E-state index in [4.69, 9.17) is 15.9 Å². The van der Waals surface area contributed by atoms with Crippen molar-refractivity contribution in [3.8, 4) is 0 Å². The Morgan fingerprint density at radius 1 is 1.44 bits per heavy atom. The molecule has 4 N–H and O–H groups in total. The number of rotatable bonds is 4. The molecule has 0 spiro atoms. The van der Waals surface area contributed by atoms with Crippen LogP contribution in [0.15, 0.2) is 0 Å². The lowest BCUT2D eigenvalue weighted by atomic mass is 10.4. The third-order valence-electron chi connectivity index (χ3n) is 1.23. The fourth-order valence-corrected chi connectivity index (χ4v) is 1.18. The van der Waals surface area contributed by atoms with Gasteiger partial charge >= 0.3 is 0 Å². The van der Waals surface area contributed by atoms with Gasteiger partial charge in [-0.3, -0.25) is 0 Å². The minimum absolute atomic E-state index is 0.490. The van der Waals surface area contributed by atoms with E-state index in [1.807, 2.05) is 13.8 Å². The molecule has 0 fully saturated rings. The average molecular weight is 148 g/mol. The molecule has 56 valence electrons. The summed E-state index contributed by atoms with van der Waals surface area (Å²) in [5.74, 6) is 0. The topological polar surface area (TPSA) is 61.3 Å². The molecule has 0 unspecified atom stereocenters. The predicted molar refractivity (Wildman–Crippen MR) is 41.6 cm³/mol. The molecule has 0 radical (unpaired) electrons. The van der Waals surface area contributed by atoms with E-state index < -0.39 is 15.0 Å². The molecule has 9 heavy (non-hydrogen) atoms. The van der Waals surface area contributed by atoms with Gasteiger partial charge in [-0.25, -0.2) is 0 Å². The monoisotopic (exact) mass is 148 g/mol. The molecule has 0 saturated heterocycles. The molecule has 0 aromatic rings. The molecule has 0 amide bonds. The molecule has 3 nitrogen and oxygen atoms in total. The van der Waals surface area contributed by atoms with E-state index in [0.29, 0.717) is 0 Å². The Labute approximate surface area is 58.7 Å². The molecule has 0 aromatic carbocycles. The van der Waals surface area contributed by atoms with Gasteiger partial charge in [0.15, 0.2) is 9.76 Å². The molecular formula is C5H16N2OSi. The summed E-state index contributed by atoms with van der Waals surface area (Å²) in [6, 6.07) is 0. The van der Waals surface area contributed by atoms with Crippen LogP contribution in [0, 0.1) is 0 Å². The van der Waals surface area contributed by atoms with Crippen molar-refractivity contribution in [3.63, 3.8) is 0 Å².